The van der Waals surface area contributed by atoms with E-state index in [2.05, 4.69) is 38.4 Å². The fourth-order valence-corrected chi connectivity index (χ4v) is 1.78. The second-order valence-electron chi connectivity index (χ2n) is 2.86. The van der Waals surface area contributed by atoms with Gasteiger partial charge in [-0.15, -0.1) is 10.2 Å². The Labute approximate surface area is 95.2 Å². The van der Waals surface area contributed by atoms with Gasteiger partial charge in [0, 0.05) is 6.42 Å². The average molecular weight is 278 g/mol. The molecule has 0 saturated heterocycles. The number of rotatable bonds is 4. The van der Waals surface area contributed by atoms with Crippen molar-refractivity contribution < 1.29 is 4.79 Å². The first kappa shape index (κ1) is 11.6. The van der Waals surface area contributed by atoms with Crippen LogP contribution in [0.1, 0.15) is 25.3 Å². The van der Waals surface area contributed by atoms with E-state index >= 15 is 0 Å². The van der Waals surface area contributed by atoms with E-state index in [1.54, 1.807) is 6.92 Å². The molecule has 1 aromatic rings. The third-order valence-electron chi connectivity index (χ3n) is 1.52. The number of carbonyl (C=O) groups is 1. The van der Waals surface area contributed by atoms with Crippen molar-refractivity contribution in [2.24, 2.45) is 0 Å². The maximum atomic E-state index is 11.3. The lowest BCUT2D eigenvalue weighted by molar-refractivity contribution is -0.115. The summed E-state index contributed by atoms with van der Waals surface area (Å²) in [5, 5.41) is 12.0. The monoisotopic (exact) mass is 277 g/mol. The first-order valence-electron chi connectivity index (χ1n) is 4.40. The van der Waals surface area contributed by atoms with Gasteiger partial charge in [0.15, 0.2) is 0 Å². The maximum absolute atomic E-state index is 11.3. The van der Waals surface area contributed by atoms with Crippen molar-refractivity contribution in [2.45, 2.75) is 31.5 Å². The molecule has 0 spiro atoms. The molecule has 78 valence electrons. The Balaban J connectivity index is 2.55. The Bertz CT molecular complexity index is 313. The van der Waals surface area contributed by atoms with Gasteiger partial charge in [0.2, 0.25) is 11.0 Å². The topological polar surface area (TPSA) is 54.9 Å². The second-order valence-corrected chi connectivity index (χ2v) is 5.29. The number of hydrogen-bond donors (Lipinski definition) is 1. The number of halogens is 1. The van der Waals surface area contributed by atoms with Gasteiger partial charge in [0.05, 0.1) is 4.83 Å². The molecule has 0 bridgehead atoms. The lowest BCUT2D eigenvalue weighted by Crippen LogP contribution is -2.19. The Kier molecular flexibility index (Phi) is 4.47. The van der Waals surface area contributed by atoms with E-state index in [-0.39, 0.29) is 10.7 Å². The number of hydrogen-bond acceptors (Lipinski definition) is 4. The SMILES string of the molecule is CCCc1nnc(NC(=O)C(C)Br)s1. The summed E-state index contributed by atoms with van der Waals surface area (Å²) >= 11 is 4.61. The van der Waals surface area contributed by atoms with Crippen LogP contribution in [-0.2, 0) is 11.2 Å². The molecular formula is C8H12BrN3OS. The molecule has 1 amide bonds. The van der Waals surface area contributed by atoms with E-state index < -0.39 is 0 Å². The van der Waals surface area contributed by atoms with Gasteiger partial charge in [0.25, 0.3) is 0 Å². The Hall–Kier alpha value is -0.490. The van der Waals surface area contributed by atoms with Crippen LogP contribution in [-0.4, -0.2) is 20.9 Å². The maximum Gasteiger partial charge on any atom is 0.239 e. The molecule has 0 aliphatic heterocycles. The average Bonchev–Trinajstić information content (AvgIpc) is 2.53. The summed E-state index contributed by atoms with van der Waals surface area (Å²) in [4.78, 5) is 11.1. The zero-order valence-electron chi connectivity index (χ0n) is 8.08. The number of anilines is 1. The van der Waals surface area contributed by atoms with Crippen molar-refractivity contribution in [2.75, 3.05) is 5.32 Å². The molecule has 1 aromatic heterocycles. The summed E-state index contributed by atoms with van der Waals surface area (Å²) in [5.74, 6) is -0.0933. The van der Waals surface area contributed by atoms with Crippen molar-refractivity contribution in [1.82, 2.24) is 10.2 Å². The number of nitrogens with zero attached hydrogens (tertiary/aromatic N) is 2. The van der Waals surface area contributed by atoms with E-state index in [1.807, 2.05) is 0 Å². The van der Waals surface area contributed by atoms with Crippen molar-refractivity contribution >= 4 is 38.3 Å². The number of carbonyl (C=O) groups excluding carboxylic acids is 1. The predicted molar refractivity (Wildman–Crippen MR) is 60.9 cm³/mol. The molecule has 14 heavy (non-hydrogen) atoms. The Morgan fingerprint density at radius 2 is 2.36 bits per heavy atom. The van der Waals surface area contributed by atoms with Crippen LogP contribution in [0.15, 0.2) is 0 Å². The number of alkyl halides is 1. The van der Waals surface area contributed by atoms with Crippen molar-refractivity contribution in [1.29, 1.82) is 0 Å². The zero-order chi connectivity index (χ0) is 10.6. The second kappa shape index (κ2) is 5.41. The smallest absolute Gasteiger partial charge is 0.239 e. The van der Waals surface area contributed by atoms with Crippen LogP contribution in [0.2, 0.25) is 0 Å². The lowest BCUT2D eigenvalue weighted by Gasteiger charge is -2.00. The molecule has 1 N–H and O–H groups in total. The van der Waals surface area contributed by atoms with E-state index in [4.69, 9.17) is 0 Å². The number of aryl methyl sites for hydroxylation is 1. The van der Waals surface area contributed by atoms with Gasteiger partial charge >= 0.3 is 0 Å². The number of nitrogens with one attached hydrogen (secondary N) is 1. The highest BCUT2D eigenvalue weighted by Gasteiger charge is 2.11. The normalized spacial score (nSPS) is 12.5. The van der Waals surface area contributed by atoms with E-state index in [1.165, 1.54) is 11.3 Å². The molecule has 1 unspecified atom stereocenters. The van der Waals surface area contributed by atoms with Gasteiger partial charge < -0.3 is 0 Å². The minimum absolute atomic E-state index is 0.0933. The summed E-state index contributed by atoms with van der Waals surface area (Å²) in [6.07, 6.45) is 1.95. The number of aromatic nitrogens is 2. The van der Waals surface area contributed by atoms with Gasteiger partial charge in [-0.3, -0.25) is 10.1 Å². The van der Waals surface area contributed by atoms with Gasteiger partial charge in [-0.25, -0.2) is 0 Å². The third kappa shape index (κ3) is 3.34. The van der Waals surface area contributed by atoms with E-state index in [0.717, 1.165) is 17.8 Å². The minimum atomic E-state index is -0.207. The summed E-state index contributed by atoms with van der Waals surface area (Å²) in [6, 6.07) is 0. The fraction of sp³-hybridized carbons (Fsp3) is 0.625. The summed E-state index contributed by atoms with van der Waals surface area (Å²) in [7, 11) is 0. The van der Waals surface area contributed by atoms with Crippen LogP contribution in [0.4, 0.5) is 5.13 Å². The summed E-state index contributed by atoms with van der Waals surface area (Å²) < 4.78 is 0. The number of amides is 1. The first-order chi connectivity index (χ1) is 6.63. The quantitative estimate of drug-likeness (QED) is 0.859. The molecule has 4 nitrogen and oxygen atoms in total. The van der Waals surface area contributed by atoms with E-state index in [0.29, 0.717) is 5.13 Å². The molecule has 0 aromatic carbocycles. The molecule has 0 aliphatic rings. The Morgan fingerprint density at radius 3 is 2.93 bits per heavy atom. The predicted octanol–water partition coefficient (Wildman–Crippen LogP) is 2.21. The lowest BCUT2D eigenvalue weighted by atomic mass is 10.4. The van der Waals surface area contributed by atoms with Crippen LogP contribution < -0.4 is 5.32 Å². The molecule has 0 fully saturated rings. The molecule has 0 radical (unpaired) electrons. The summed E-state index contributed by atoms with van der Waals surface area (Å²) in [6.45, 7) is 3.85. The molecule has 0 saturated carbocycles. The molecular weight excluding hydrogens is 266 g/mol. The molecule has 6 heteroatoms. The minimum Gasteiger partial charge on any atom is -0.300 e. The largest absolute Gasteiger partial charge is 0.300 e. The van der Waals surface area contributed by atoms with Crippen molar-refractivity contribution in [3.05, 3.63) is 5.01 Å². The van der Waals surface area contributed by atoms with Gasteiger partial charge in [-0.2, -0.15) is 0 Å². The highest BCUT2D eigenvalue weighted by atomic mass is 79.9. The molecule has 1 heterocycles. The van der Waals surface area contributed by atoms with Crippen LogP contribution in [0.25, 0.3) is 0 Å². The van der Waals surface area contributed by atoms with Crippen molar-refractivity contribution in [3.8, 4) is 0 Å². The first-order valence-corrected chi connectivity index (χ1v) is 6.14. The molecule has 0 aliphatic carbocycles. The van der Waals surface area contributed by atoms with Crippen LogP contribution in [0.3, 0.4) is 0 Å². The van der Waals surface area contributed by atoms with Gasteiger partial charge in [-0.1, -0.05) is 34.2 Å². The fourth-order valence-electron chi connectivity index (χ4n) is 0.824. The van der Waals surface area contributed by atoms with Gasteiger partial charge in [0.1, 0.15) is 5.01 Å². The highest BCUT2D eigenvalue weighted by molar-refractivity contribution is 9.10. The van der Waals surface area contributed by atoms with Crippen LogP contribution in [0, 0.1) is 0 Å². The molecule has 1 rings (SSSR count). The highest BCUT2D eigenvalue weighted by Crippen LogP contribution is 2.17. The van der Waals surface area contributed by atoms with Crippen molar-refractivity contribution in [3.63, 3.8) is 0 Å². The van der Waals surface area contributed by atoms with Gasteiger partial charge in [-0.05, 0) is 13.3 Å². The van der Waals surface area contributed by atoms with Crippen LogP contribution in [0.5, 0.6) is 0 Å². The van der Waals surface area contributed by atoms with Crippen LogP contribution >= 0.6 is 27.3 Å². The third-order valence-corrected chi connectivity index (χ3v) is 2.84. The Morgan fingerprint density at radius 1 is 1.64 bits per heavy atom. The van der Waals surface area contributed by atoms with E-state index in [9.17, 15) is 4.79 Å². The summed E-state index contributed by atoms with van der Waals surface area (Å²) in [5.41, 5.74) is 0. The molecule has 1 atom stereocenters. The standard InChI is InChI=1S/C8H12BrN3OS/c1-3-4-6-11-12-8(14-6)10-7(13)5(2)9/h5H,3-4H2,1-2H3,(H,10,12,13). The zero-order valence-corrected chi connectivity index (χ0v) is 10.5.